The van der Waals surface area contributed by atoms with Crippen molar-refractivity contribution in [2.45, 2.75) is 32.2 Å². The molecule has 2 unspecified atom stereocenters. The number of likely N-dealkylation sites (tertiary alicyclic amines) is 1. The second-order valence-corrected chi connectivity index (χ2v) is 4.20. The molecule has 0 aromatic rings. The summed E-state index contributed by atoms with van der Waals surface area (Å²) in [6, 6.07) is 0.372. The number of hydrogen-bond donors (Lipinski definition) is 2. The quantitative estimate of drug-likeness (QED) is 0.666. The molecule has 0 radical (unpaired) electrons. The van der Waals surface area contributed by atoms with Crippen molar-refractivity contribution < 1.29 is 0 Å². The van der Waals surface area contributed by atoms with E-state index in [0.717, 1.165) is 25.6 Å². The molecule has 1 heterocycles. The van der Waals surface area contributed by atoms with Gasteiger partial charge in [0.05, 0.1) is 0 Å². The molecule has 0 aliphatic carbocycles. The van der Waals surface area contributed by atoms with Crippen LogP contribution in [-0.4, -0.2) is 37.1 Å². The summed E-state index contributed by atoms with van der Waals surface area (Å²) in [5.41, 5.74) is 11.5. The van der Waals surface area contributed by atoms with Gasteiger partial charge < -0.3 is 16.4 Å². The largest absolute Gasteiger partial charge is 0.329 e. The summed E-state index contributed by atoms with van der Waals surface area (Å²) < 4.78 is 0. The van der Waals surface area contributed by atoms with E-state index in [1.165, 1.54) is 25.8 Å². The van der Waals surface area contributed by atoms with Gasteiger partial charge in [0.15, 0.2) is 0 Å². The number of hydrogen-bond acceptors (Lipinski definition) is 3. The van der Waals surface area contributed by atoms with Gasteiger partial charge in [-0.15, -0.1) is 0 Å². The van der Waals surface area contributed by atoms with Crippen LogP contribution in [-0.2, 0) is 0 Å². The van der Waals surface area contributed by atoms with Crippen LogP contribution in [0.15, 0.2) is 0 Å². The van der Waals surface area contributed by atoms with Gasteiger partial charge in [-0.2, -0.15) is 0 Å². The highest BCUT2D eigenvalue weighted by Gasteiger charge is 2.23. The minimum Gasteiger partial charge on any atom is -0.329 e. The monoisotopic (exact) mass is 185 g/mol. The lowest BCUT2D eigenvalue weighted by Crippen LogP contribution is -2.48. The van der Waals surface area contributed by atoms with Crippen molar-refractivity contribution in [3.05, 3.63) is 0 Å². The van der Waals surface area contributed by atoms with Crippen LogP contribution in [0, 0.1) is 5.92 Å². The maximum Gasteiger partial charge on any atom is 0.0170 e. The van der Waals surface area contributed by atoms with Gasteiger partial charge in [-0.1, -0.05) is 13.3 Å². The molecule has 2 atom stereocenters. The molecule has 1 rings (SSSR count). The average molecular weight is 185 g/mol. The Bertz CT molecular complexity index is 124. The minimum absolute atomic E-state index is 0.372. The SMILES string of the molecule is CCCC1CC(N)CN(CCN)C1. The number of nitrogens with two attached hydrogens (primary N) is 2. The molecule has 0 bridgehead atoms. The zero-order valence-corrected chi connectivity index (χ0v) is 8.71. The summed E-state index contributed by atoms with van der Waals surface area (Å²) >= 11 is 0. The fourth-order valence-electron chi connectivity index (χ4n) is 2.33. The van der Waals surface area contributed by atoms with E-state index >= 15 is 0 Å². The Hall–Kier alpha value is -0.120. The van der Waals surface area contributed by atoms with Crippen molar-refractivity contribution in [2.24, 2.45) is 17.4 Å². The normalized spacial score (nSPS) is 30.7. The predicted molar refractivity (Wildman–Crippen MR) is 56.5 cm³/mol. The topological polar surface area (TPSA) is 55.3 Å². The van der Waals surface area contributed by atoms with Crippen molar-refractivity contribution in [3.63, 3.8) is 0 Å². The molecule has 4 N–H and O–H groups in total. The number of piperidine rings is 1. The highest BCUT2D eigenvalue weighted by atomic mass is 15.2. The smallest absolute Gasteiger partial charge is 0.0170 e. The van der Waals surface area contributed by atoms with E-state index in [-0.39, 0.29) is 0 Å². The molecule has 0 aromatic heterocycles. The van der Waals surface area contributed by atoms with Gasteiger partial charge in [-0.3, -0.25) is 0 Å². The maximum absolute atomic E-state index is 5.99. The van der Waals surface area contributed by atoms with Crippen LogP contribution in [0.5, 0.6) is 0 Å². The van der Waals surface area contributed by atoms with E-state index in [0.29, 0.717) is 6.04 Å². The molecular weight excluding hydrogens is 162 g/mol. The molecule has 1 aliphatic rings. The summed E-state index contributed by atoms with van der Waals surface area (Å²) in [5.74, 6) is 0.806. The highest BCUT2D eigenvalue weighted by Crippen LogP contribution is 2.19. The van der Waals surface area contributed by atoms with Crippen LogP contribution >= 0.6 is 0 Å². The molecule has 0 aromatic carbocycles. The van der Waals surface area contributed by atoms with Crippen molar-refractivity contribution in [3.8, 4) is 0 Å². The van der Waals surface area contributed by atoms with Gasteiger partial charge in [0, 0.05) is 32.2 Å². The lowest BCUT2D eigenvalue weighted by Gasteiger charge is -2.36. The highest BCUT2D eigenvalue weighted by molar-refractivity contribution is 4.81. The maximum atomic E-state index is 5.99. The van der Waals surface area contributed by atoms with E-state index in [4.69, 9.17) is 11.5 Å². The third kappa shape index (κ3) is 3.63. The molecule has 1 saturated heterocycles. The third-order valence-corrected chi connectivity index (χ3v) is 2.79. The van der Waals surface area contributed by atoms with Gasteiger partial charge in [0.25, 0.3) is 0 Å². The standard InChI is InChI=1S/C10H23N3/c1-2-3-9-6-10(12)8-13(7-9)5-4-11/h9-10H,2-8,11-12H2,1H3. The van der Waals surface area contributed by atoms with E-state index < -0.39 is 0 Å². The molecule has 3 heteroatoms. The van der Waals surface area contributed by atoms with Gasteiger partial charge in [-0.05, 0) is 18.8 Å². The Labute approximate surface area is 81.5 Å². The average Bonchev–Trinajstić information content (AvgIpc) is 2.04. The molecule has 0 amide bonds. The van der Waals surface area contributed by atoms with Crippen LogP contribution in [0.4, 0.5) is 0 Å². The second-order valence-electron chi connectivity index (χ2n) is 4.20. The third-order valence-electron chi connectivity index (χ3n) is 2.79. The Morgan fingerprint density at radius 2 is 2.15 bits per heavy atom. The van der Waals surface area contributed by atoms with E-state index in [1.54, 1.807) is 0 Å². The van der Waals surface area contributed by atoms with Crippen molar-refractivity contribution in [2.75, 3.05) is 26.2 Å². The van der Waals surface area contributed by atoms with Crippen LogP contribution in [0.25, 0.3) is 0 Å². The Morgan fingerprint density at radius 1 is 1.38 bits per heavy atom. The van der Waals surface area contributed by atoms with Crippen LogP contribution in [0.1, 0.15) is 26.2 Å². The minimum atomic E-state index is 0.372. The lowest BCUT2D eigenvalue weighted by atomic mass is 9.91. The zero-order valence-electron chi connectivity index (χ0n) is 8.71. The van der Waals surface area contributed by atoms with Crippen molar-refractivity contribution in [1.29, 1.82) is 0 Å². The van der Waals surface area contributed by atoms with Crippen LogP contribution in [0.3, 0.4) is 0 Å². The van der Waals surface area contributed by atoms with Crippen LogP contribution in [0.2, 0.25) is 0 Å². The van der Waals surface area contributed by atoms with Gasteiger partial charge in [-0.25, -0.2) is 0 Å². The Balaban J connectivity index is 2.33. The molecule has 0 spiro atoms. The fraction of sp³-hybridized carbons (Fsp3) is 1.00. The van der Waals surface area contributed by atoms with Gasteiger partial charge in [0.1, 0.15) is 0 Å². The molecule has 1 aliphatic heterocycles. The van der Waals surface area contributed by atoms with E-state index in [9.17, 15) is 0 Å². The second kappa shape index (κ2) is 5.58. The van der Waals surface area contributed by atoms with Crippen molar-refractivity contribution in [1.82, 2.24) is 4.90 Å². The number of rotatable bonds is 4. The zero-order chi connectivity index (χ0) is 9.68. The molecular formula is C10H23N3. The van der Waals surface area contributed by atoms with E-state index in [2.05, 4.69) is 11.8 Å². The summed E-state index contributed by atoms with van der Waals surface area (Å²) in [6.45, 7) is 6.25. The fourth-order valence-corrected chi connectivity index (χ4v) is 2.33. The molecule has 13 heavy (non-hydrogen) atoms. The molecule has 1 fully saturated rings. The molecule has 0 saturated carbocycles. The predicted octanol–water partition coefficient (Wildman–Crippen LogP) is 0.394. The lowest BCUT2D eigenvalue weighted by molar-refractivity contribution is 0.154. The first-order valence-electron chi connectivity index (χ1n) is 5.44. The van der Waals surface area contributed by atoms with Gasteiger partial charge in [0.2, 0.25) is 0 Å². The van der Waals surface area contributed by atoms with Crippen LogP contribution < -0.4 is 11.5 Å². The van der Waals surface area contributed by atoms with E-state index in [1.807, 2.05) is 0 Å². The molecule has 3 nitrogen and oxygen atoms in total. The first kappa shape index (κ1) is 11.0. The summed E-state index contributed by atoms with van der Waals surface area (Å²) in [6.07, 6.45) is 3.79. The summed E-state index contributed by atoms with van der Waals surface area (Å²) in [7, 11) is 0. The van der Waals surface area contributed by atoms with Crippen molar-refractivity contribution >= 4 is 0 Å². The summed E-state index contributed by atoms with van der Waals surface area (Å²) in [5, 5.41) is 0. The molecule has 78 valence electrons. The van der Waals surface area contributed by atoms with Gasteiger partial charge >= 0.3 is 0 Å². The first-order valence-corrected chi connectivity index (χ1v) is 5.44. The number of nitrogens with zero attached hydrogens (tertiary/aromatic N) is 1. The Kier molecular flexibility index (Phi) is 4.70. The first-order chi connectivity index (χ1) is 6.26. The summed E-state index contributed by atoms with van der Waals surface area (Å²) in [4.78, 5) is 2.41. The Morgan fingerprint density at radius 3 is 2.77 bits per heavy atom.